The molecule has 0 unspecified atom stereocenters. The molecule has 1 N–H and O–H groups in total. The molecular weight excluding hydrogens is 214 g/mol. The van der Waals surface area contributed by atoms with Crippen LogP contribution in [0.3, 0.4) is 0 Å². The Balaban J connectivity index is 3.01. The van der Waals surface area contributed by atoms with Gasteiger partial charge in [-0.2, -0.15) is 9.97 Å². The SMILES string of the molecule is CCNc1nc(N=[N+]=[N-])nc(SCC)n1. The molecular formula is C7H11N7S. The predicted octanol–water partition coefficient (Wildman–Crippen LogP) is 2.36. The normalized spacial score (nSPS) is 9.47. The van der Waals surface area contributed by atoms with Gasteiger partial charge in [0.2, 0.25) is 11.9 Å². The molecule has 7 nitrogen and oxygen atoms in total. The molecule has 0 aliphatic carbocycles. The third-order valence-electron chi connectivity index (χ3n) is 1.35. The molecule has 0 aromatic carbocycles. The highest BCUT2D eigenvalue weighted by atomic mass is 32.2. The predicted molar refractivity (Wildman–Crippen MR) is 59.2 cm³/mol. The number of hydrogen-bond donors (Lipinski definition) is 1. The Hall–Kier alpha value is -1.53. The van der Waals surface area contributed by atoms with Crippen molar-refractivity contribution in [3.63, 3.8) is 0 Å². The van der Waals surface area contributed by atoms with E-state index in [4.69, 9.17) is 5.53 Å². The molecule has 1 rings (SSSR count). The van der Waals surface area contributed by atoms with Gasteiger partial charge in [0.15, 0.2) is 5.16 Å². The minimum absolute atomic E-state index is 0.0967. The Morgan fingerprint density at radius 1 is 1.40 bits per heavy atom. The van der Waals surface area contributed by atoms with Gasteiger partial charge in [-0.05, 0) is 23.3 Å². The molecule has 0 saturated carbocycles. The maximum absolute atomic E-state index is 8.29. The highest BCUT2D eigenvalue weighted by Gasteiger charge is 2.03. The largest absolute Gasteiger partial charge is 0.354 e. The lowest BCUT2D eigenvalue weighted by molar-refractivity contribution is 0.895. The summed E-state index contributed by atoms with van der Waals surface area (Å²) in [5, 5.41) is 6.86. The zero-order valence-corrected chi connectivity index (χ0v) is 9.32. The highest BCUT2D eigenvalue weighted by Crippen LogP contribution is 2.17. The first-order chi connectivity index (χ1) is 7.30. The van der Waals surface area contributed by atoms with Crippen LogP contribution in [0.4, 0.5) is 11.9 Å². The smallest absolute Gasteiger partial charge is 0.227 e. The van der Waals surface area contributed by atoms with Crippen LogP contribution in [0.2, 0.25) is 0 Å². The summed E-state index contributed by atoms with van der Waals surface area (Å²) in [5.74, 6) is 1.39. The molecule has 0 spiro atoms. The summed E-state index contributed by atoms with van der Waals surface area (Å²) in [6.45, 7) is 4.63. The van der Waals surface area contributed by atoms with Crippen LogP contribution in [0, 0.1) is 0 Å². The Morgan fingerprint density at radius 3 is 2.80 bits per heavy atom. The highest BCUT2D eigenvalue weighted by molar-refractivity contribution is 7.99. The summed E-state index contributed by atoms with van der Waals surface area (Å²) in [5.41, 5.74) is 8.29. The zero-order valence-electron chi connectivity index (χ0n) is 8.51. The minimum Gasteiger partial charge on any atom is -0.354 e. The van der Waals surface area contributed by atoms with Gasteiger partial charge in [-0.3, -0.25) is 0 Å². The fourth-order valence-electron chi connectivity index (χ4n) is 0.861. The molecule has 0 fully saturated rings. The first kappa shape index (κ1) is 11.5. The number of thioether (sulfide) groups is 1. The standard InChI is InChI=1S/C7H11N7S/c1-3-9-5-10-6(13-14-8)12-7(11-5)15-4-2/h3-4H2,1-2H3,(H,9,10,11,12). The fraction of sp³-hybridized carbons (Fsp3) is 0.571. The molecule has 0 radical (unpaired) electrons. The molecule has 0 aliphatic rings. The van der Waals surface area contributed by atoms with Crippen LogP contribution in [0.15, 0.2) is 10.3 Å². The quantitative estimate of drug-likeness (QED) is 0.359. The maximum Gasteiger partial charge on any atom is 0.227 e. The second-order valence-corrected chi connectivity index (χ2v) is 3.63. The van der Waals surface area contributed by atoms with Crippen molar-refractivity contribution in [1.29, 1.82) is 0 Å². The van der Waals surface area contributed by atoms with Gasteiger partial charge in [0, 0.05) is 11.5 Å². The average Bonchev–Trinajstić information content (AvgIpc) is 2.19. The Kier molecular flexibility index (Phi) is 4.65. The number of nitrogens with one attached hydrogen (secondary N) is 1. The summed E-state index contributed by atoms with van der Waals surface area (Å²) in [6.07, 6.45) is 0. The molecule has 0 aliphatic heterocycles. The average molecular weight is 225 g/mol. The van der Waals surface area contributed by atoms with Crippen LogP contribution in [0.25, 0.3) is 10.4 Å². The van der Waals surface area contributed by atoms with E-state index in [0.29, 0.717) is 17.6 Å². The van der Waals surface area contributed by atoms with Crippen molar-refractivity contribution in [2.75, 3.05) is 17.6 Å². The molecule has 0 saturated heterocycles. The Morgan fingerprint density at radius 2 is 2.20 bits per heavy atom. The van der Waals surface area contributed by atoms with E-state index in [-0.39, 0.29) is 5.95 Å². The number of hydrogen-bond acceptors (Lipinski definition) is 6. The first-order valence-electron chi connectivity index (χ1n) is 4.48. The number of azide groups is 1. The molecule has 8 heteroatoms. The molecule has 0 amide bonds. The number of aromatic nitrogens is 3. The van der Waals surface area contributed by atoms with Gasteiger partial charge in [0.25, 0.3) is 0 Å². The van der Waals surface area contributed by atoms with E-state index in [0.717, 1.165) is 5.75 Å². The lowest BCUT2D eigenvalue weighted by atomic mass is 10.7. The van der Waals surface area contributed by atoms with E-state index in [2.05, 4.69) is 30.3 Å². The van der Waals surface area contributed by atoms with Crippen LogP contribution in [0.1, 0.15) is 13.8 Å². The summed E-state index contributed by atoms with van der Waals surface area (Å²) >= 11 is 1.47. The molecule has 1 aromatic rings. The first-order valence-corrected chi connectivity index (χ1v) is 5.46. The number of nitrogens with zero attached hydrogens (tertiary/aromatic N) is 6. The van der Waals surface area contributed by atoms with Crippen LogP contribution in [-0.2, 0) is 0 Å². The summed E-state index contributed by atoms with van der Waals surface area (Å²) in [7, 11) is 0. The monoisotopic (exact) mass is 225 g/mol. The topological polar surface area (TPSA) is 99.5 Å². The van der Waals surface area contributed by atoms with Crippen molar-refractivity contribution < 1.29 is 0 Å². The van der Waals surface area contributed by atoms with Crippen molar-refractivity contribution in [1.82, 2.24) is 15.0 Å². The molecule has 0 atom stereocenters. The van der Waals surface area contributed by atoms with E-state index in [9.17, 15) is 0 Å². The van der Waals surface area contributed by atoms with Gasteiger partial charge in [0.05, 0.1) is 0 Å². The van der Waals surface area contributed by atoms with Crippen molar-refractivity contribution >= 4 is 23.7 Å². The van der Waals surface area contributed by atoms with Crippen molar-refractivity contribution in [2.24, 2.45) is 5.11 Å². The molecule has 80 valence electrons. The van der Waals surface area contributed by atoms with E-state index >= 15 is 0 Å². The third-order valence-corrected chi connectivity index (χ3v) is 2.08. The lowest BCUT2D eigenvalue weighted by Gasteiger charge is -2.03. The third kappa shape index (κ3) is 3.61. The van der Waals surface area contributed by atoms with E-state index in [1.54, 1.807) is 0 Å². The summed E-state index contributed by atoms with van der Waals surface area (Å²) in [6, 6.07) is 0. The van der Waals surface area contributed by atoms with E-state index in [1.165, 1.54) is 11.8 Å². The second kappa shape index (κ2) is 6.05. The molecule has 1 aromatic heterocycles. The fourth-order valence-corrected chi connectivity index (χ4v) is 1.42. The van der Waals surface area contributed by atoms with Gasteiger partial charge in [-0.15, -0.1) is 0 Å². The minimum atomic E-state index is 0.0967. The van der Waals surface area contributed by atoms with Crippen LogP contribution in [-0.4, -0.2) is 27.2 Å². The Labute approximate surface area is 91.4 Å². The molecule has 15 heavy (non-hydrogen) atoms. The van der Waals surface area contributed by atoms with Crippen molar-refractivity contribution in [3.05, 3.63) is 10.4 Å². The van der Waals surface area contributed by atoms with Gasteiger partial charge < -0.3 is 5.32 Å². The summed E-state index contributed by atoms with van der Waals surface area (Å²) < 4.78 is 0. The lowest BCUT2D eigenvalue weighted by Crippen LogP contribution is -2.03. The van der Waals surface area contributed by atoms with Gasteiger partial charge in [-0.25, -0.2) is 4.98 Å². The van der Waals surface area contributed by atoms with Crippen molar-refractivity contribution in [2.45, 2.75) is 19.0 Å². The van der Waals surface area contributed by atoms with E-state index < -0.39 is 0 Å². The molecule has 0 bridgehead atoms. The molecule has 1 heterocycles. The number of anilines is 1. The van der Waals surface area contributed by atoms with Crippen molar-refractivity contribution in [3.8, 4) is 0 Å². The zero-order chi connectivity index (χ0) is 11.1. The summed E-state index contributed by atoms with van der Waals surface area (Å²) in [4.78, 5) is 14.7. The van der Waals surface area contributed by atoms with Gasteiger partial charge in [0.1, 0.15) is 0 Å². The van der Waals surface area contributed by atoms with Crippen LogP contribution in [0.5, 0.6) is 0 Å². The maximum atomic E-state index is 8.29. The van der Waals surface area contributed by atoms with Crippen LogP contribution < -0.4 is 5.32 Å². The van der Waals surface area contributed by atoms with Crippen LogP contribution >= 0.6 is 11.8 Å². The van der Waals surface area contributed by atoms with Gasteiger partial charge in [-0.1, -0.05) is 18.7 Å². The number of rotatable bonds is 5. The Bertz CT molecular complexity index is 349. The second-order valence-electron chi connectivity index (χ2n) is 2.39. The van der Waals surface area contributed by atoms with E-state index in [1.807, 2.05) is 13.8 Å². The van der Waals surface area contributed by atoms with Gasteiger partial charge >= 0.3 is 0 Å².